The van der Waals surface area contributed by atoms with Gasteiger partial charge in [0.1, 0.15) is 6.54 Å². The van der Waals surface area contributed by atoms with Crippen molar-refractivity contribution < 1.29 is 14.4 Å². The Labute approximate surface area is 138 Å². The van der Waals surface area contributed by atoms with Gasteiger partial charge < -0.3 is 9.64 Å². The Morgan fingerprint density at radius 2 is 1.96 bits per heavy atom. The number of carbonyl (C=O) groups is 1. The van der Waals surface area contributed by atoms with Crippen molar-refractivity contribution in [3.63, 3.8) is 0 Å². The van der Waals surface area contributed by atoms with Crippen molar-refractivity contribution in [3.8, 4) is 6.07 Å². The highest BCUT2D eigenvalue weighted by Gasteiger charge is 2.16. The number of rotatable bonds is 9. The average Bonchev–Trinajstić information content (AvgIpc) is 2.57. The fourth-order valence-corrected chi connectivity index (χ4v) is 2.29. The van der Waals surface area contributed by atoms with E-state index in [0.717, 1.165) is 25.2 Å². The second-order valence-electron chi connectivity index (χ2n) is 5.25. The molecular formula is C18H26N3O2+. The van der Waals surface area contributed by atoms with Crippen LogP contribution in [-0.4, -0.2) is 31.9 Å². The van der Waals surface area contributed by atoms with Gasteiger partial charge in [0, 0.05) is 11.8 Å². The molecule has 1 aromatic rings. The maximum atomic E-state index is 11.6. The quantitative estimate of drug-likeness (QED) is 0.553. The van der Waals surface area contributed by atoms with Crippen LogP contribution in [0.3, 0.4) is 0 Å². The van der Waals surface area contributed by atoms with E-state index in [1.807, 2.05) is 24.3 Å². The minimum atomic E-state index is -0.935. The highest BCUT2D eigenvalue weighted by atomic mass is 16.5. The van der Waals surface area contributed by atoms with Gasteiger partial charge in [-0.25, -0.2) is 0 Å². The summed E-state index contributed by atoms with van der Waals surface area (Å²) in [5, 5.41) is 9.01. The van der Waals surface area contributed by atoms with Gasteiger partial charge in [-0.15, -0.1) is 0 Å². The molecule has 0 heterocycles. The molecule has 0 aliphatic heterocycles. The Bertz CT molecular complexity index is 560. The second kappa shape index (κ2) is 10.5. The lowest BCUT2D eigenvalue weighted by Crippen LogP contribution is -3.10. The van der Waals surface area contributed by atoms with E-state index in [1.165, 1.54) is 16.7 Å². The molecule has 0 amide bonds. The summed E-state index contributed by atoms with van der Waals surface area (Å²) < 4.78 is 4.85. The average molecular weight is 316 g/mol. The van der Waals surface area contributed by atoms with Crippen molar-refractivity contribution in [2.75, 3.05) is 19.7 Å². The molecule has 1 aromatic carbocycles. The van der Waals surface area contributed by atoms with E-state index >= 15 is 0 Å². The number of quaternary nitrogens is 1. The van der Waals surface area contributed by atoms with Gasteiger partial charge in [-0.3, -0.25) is 9.79 Å². The molecule has 1 N–H and O–H groups in total. The SMILES string of the molecule is CCOC(=O)C(C#N)C=NCc1ccccc1C[NH+](CC)CC. The Kier molecular flexibility index (Phi) is 8.63. The summed E-state index contributed by atoms with van der Waals surface area (Å²) in [7, 11) is 0. The molecular weight excluding hydrogens is 290 g/mol. The van der Waals surface area contributed by atoms with Crippen LogP contribution in [0.4, 0.5) is 0 Å². The van der Waals surface area contributed by atoms with Crippen LogP contribution >= 0.6 is 0 Å². The molecule has 0 spiro atoms. The third-order valence-corrected chi connectivity index (χ3v) is 3.75. The van der Waals surface area contributed by atoms with Gasteiger partial charge in [0.2, 0.25) is 0 Å². The third kappa shape index (κ3) is 6.21. The lowest BCUT2D eigenvalue weighted by molar-refractivity contribution is -0.910. The molecule has 1 unspecified atom stereocenters. The molecule has 0 aliphatic rings. The Morgan fingerprint density at radius 1 is 1.30 bits per heavy atom. The molecule has 124 valence electrons. The molecule has 0 aliphatic carbocycles. The molecule has 0 radical (unpaired) electrons. The van der Waals surface area contributed by atoms with Crippen molar-refractivity contribution in [1.82, 2.24) is 0 Å². The van der Waals surface area contributed by atoms with Crippen molar-refractivity contribution in [2.24, 2.45) is 10.9 Å². The van der Waals surface area contributed by atoms with Gasteiger partial charge in [-0.1, -0.05) is 24.3 Å². The van der Waals surface area contributed by atoms with E-state index in [0.29, 0.717) is 6.54 Å². The molecule has 0 aromatic heterocycles. The van der Waals surface area contributed by atoms with Crippen LogP contribution in [0.2, 0.25) is 0 Å². The largest absolute Gasteiger partial charge is 0.465 e. The summed E-state index contributed by atoms with van der Waals surface area (Å²) in [5.41, 5.74) is 2.39. The van der Waals surface area contributed by atoms with E-state index < -0.39 is 11.9 Å². The first-order chi connectivity index (χ1) is 11.2. The van der Waals surface area contributed by atoms with Crippen molar-refractivity contribution in [2.45, 2.75) is 33.9 Å². The van der Waals surface area contributed by atoms with Gasteiger partial charge in [0.15, 0.2) is 5.92 Å². The number of nitriles is 1. The predicted molar refractivity (Wildman–Crippen MR) is 90.1 cm³/mol. The van der Waals surface area contributed by atoms with E-state index in [1.54, 1.807) is 6.92 Å². The molecule has 5 heteroatoms. The Morgan fingerprint density at radius 3 is 2.52 bits per heavy atom. The highest BCUT2D eigenvalue weighted by molar-refractivity contribution is 5.92. The maximum absolute atomic E-state index is 11.6. The van der Waals surface area contributed by atoms with E-state index in [2.05, 4.69) is 24.9 Å². The van der Waals surface area contributed by atoms with Gasteiger partial charge in [-0.2, -0.15) is 5.26 Å². The van der Waals surface area contributed by atoms with Crippen molar-refractivity contribution in [3.05, 3.63) is 35.4 Å². The first-order valence-electron chi connectivity index (χ1n) is 8.12. The molecule has 5 nitrogen and oxygen atoms in total. The van der Waals surface area contributed by atoms with Gasteiger partial charge >= 0.3 is 5.97 Å². The summed E-state index contributed by atoms with van der Waals surface area (Å²) in [6.45, 7) is 9.91. The normalized spacial score (nSPS) is 12.3. The fourth-order valence-electron chi connectivity index (χ4n) is 2.29. The molecule has 1 atom stereocenters. The molecule has 0 fully saturated rings. The van der Waals surface area contributed by atoms with Gasteiger partial charge in [0.25, 0.3) is 0 Å². The zero-order chi connectivity index (χ0) is 17.1. The lowest BCUT2D eigenvalue weighted by Gasteiger charge is -2.17. The van der Waals surface area contributed by atoms with Crippen LogP contribution in [0.25, 0.3) is 0 Å². The molecule has 0 saturated heterocycles. The van der Waals surface area contributed by atoms with Crippen molar-refractivity contribution in [1.29, 1.82) is 5.26 Å². The number of nitrogens with one attached hydrogen (secondary N) is 1. The Balaban J connectivity index is 2.75. The zero-order valence-corrected chi connectivity index (χ0v) is 14.2. The summed E-state index contributed by atoms with van der Waals surface area (Å²) in [6.07, 6.45) is 1.39. The topological polar surface area (TPSA) is 66.9 Å². The molecule has 1 rings (SSSR count). The second-order valence-corrected chi connectivity index (χ2v) is 5.25. The monoisotopic (exact) mass is 316 g/mol. The number of hydrogen-bond acceptors (Lipinski definition) is 4. The first kappa shape index (κ1) is 18.9. The van der Waals surface area contributed by atoms with Crippen LogP contribution in [0, 0.1) is 17.2 Å². The molecule has 0 saturated carbocycles. The summed E-state index contributed by atoms with van der Waals surface area (Å²) in [6, 6.07) is 10.1. The molecule has 23 heavy (non-hydrogen) atoms. The first-order valence-corrected chi connectivity index (χ1v) is 8.12. The molecule has 0 bridgehead atoms. The van der Waals surface area contributed by atoms with E-state index in [4.69, 9.17) is 10.00 Å². The fraction of sp³-hybridized carbons (Fsp3) is 0.500. The predicted octanol–water partition coefficient (Wildman–Crippen LogP) is 1.38. The summed E-state index contributed by atoms with van der Waals surface area (Å²) >= 11 is 0. The lowest BCUT2D eigenvalue weighted by atomic mass is 10.1. The van der Waals surface area contributed by atoms with Crippen LogP contribution in [0.15, 0.2) is 29.3 Å². The zero-order valence-electron chi connectivity index (χ0n) is 14.2. The summed E-state index contributed by atoms with van der Waals surface area (Å²) in [4.78, 5) is 17.3. The Hall–Kier alpha value is -2.19. The standard InChI is InChI=1S/C18H25N3O2/c1-4-21(5-2)14-16-10-8-7-9-15(16)12-20-13-17(11-19)18(22)23-6-3/h7-10,13,17H,4-6,12,14H2,1-3H3/p+1. The van der Waals surface area contributed by atoms with Crippen LogP contribution in [0.1, 0.15) is 31.9 Å². The summed E-state index contributed by atoms with van der Waals surface area (Å²) in [5.74, 6) is -1.48. The van der Waals surface area contributed by atoms with Gasteiger partial charge in [-0.05, 0) is 26.3 Å². The number of ether oxygens (including phenoxy) is 1. The maximum Gasteiger partial charge on any atom is 0.328 e. The van der Waals surface area contributed by atoms with E-state index in [9.17, 15) is 4.79 Å². The van der Waals surface area contributed by atoms with Crippen LogP contribution in [-0.2, 0) is 22.6 Å². The minimum absolute atomic E-state index is 0.264. The van der Waals surface area contributed by atoms with Crippen molar-refractivity contribution >= 4 is 12.2 Å². The number of hydrogen-bond donors (Lipinski definition) is 1. The number of benzene rings is 1. The van der Waals surface area contributed by atoms with Crippen LogP contribution in [0.5, 0.6) is 0 Å². The third-order valence-electron chi connectivity index (χ3n) is 3.75. The smallest absolute Gasteiger partial charge is 0.328 e. The number of nitrogens with zero attached hydrogens (tertiary/aromatic N) is 2. The number of aliphatic imine (C=N–C) groups is 1. The highest BCUT2D eigenvalue weighted by Crippen LogP contribution is 2.09. The number of carbonyl (C=O) groups excluding carboxylic acids is 1. The number of esters is 1. The van der Waals surface area contributed by atoms with E-state index in [-0.39, 0.29) is 6.61 Å². The minimum Gasteiger partial charge on any atom is -0.465 e. The van der Waals surface area contributed by atoms with Crippen LogP contribution < -0.4 is 4.90 Å². The van der Waals surface area contributed by atoms with Gasteiger partial charge in [0.05, 0.1) is 32.3 Å².